The summed E-state index contributed by atoms with van der Waals surface area (Å²) in [6, 6.07) is 8.14. The molecule has 0 aromatic heterocycles. The maximum absolute atomic E-state index is 11.5. The van der Waals surface area contributed by atoms with Crippen LogP contribution in [0.3, 0.4) is 0 Å². The normalized spacial score (nSPS) is 33.6. The second kappa shape index (κ2) is 4.28. The Balaban J connectivity index is 2.02. The first-order valence-corrected chi connectivity index (χ1v) is 6.34. The van der Waals surface area contributed by atoms with Gasteiger partial charge in [0.25, 0.3) is 0 Å². The Morgan fingerprint density at radius 2 is 2.06 bits per heavy atom. The van der Waals surface area contributed by atoms with Crippen molar-refractivity contribution in [2.75, 3.05) is 7.11 Å². The number of fused-ring (bicyclic) bond motifs is 2. The minimum atomic E-state index is -0.703. The summed E-state index contributed by atoms with van der Waals surface area (Å²) >= 11 is 0. The van der Waals surface area contributed by atoms with Crippen LogP contribution in [-0.2, 0) is 4.79 Å². The lowest BCUT2D eigenvalue weighted by molar-refractivity contribution is -0.143. The van der Waals surface area contributed by atoms with E-state index in [1.807, 2.05) is 24.3 Å². The topological polar surface area (TPSA) is 58.6 Å². The van der Waals surface area contributed by atoms with Crippen LogP contribution in [0.25, 0.3) is 0 Å². The Morgan fingerprint density at radius 3 is 2.78 bits per heavy atom. The zero-order valence-electron chi connectivity index (χ0n) is 10.3. The second-order valence-corrected chi connectivity index (χ2v) is 5.09. The molecule has 1 aromatic carbocycles. The summed E-state index contributed by atoms with van der Waals surface area (Å²) in [4.78, 5) is 11.5. The summed E-state index contributed by atoms with van der Waals surface area (Å²) < 4.78 is 5.37. The number of carbonyl (C=O) groups is 1. The Labute approximate surface area is 106 Å². The summed E-state index contributed by atoms with van der Waals surface area (Å²) in [6.45, 7) is 0. The number of carboxylic acid groups (broad SMARTS) is 1. The third-order valence-electron chi connectivity index (χ3n) is 4.25. The third-order valence-corrected chi connectivity index (χ3v) is 4.25. The molecule has 2 fully saturated rings. The summed E-state index contributed by atoms with van der Waals surface area (Å²) in [6.07, 6.45) is 2.02. The van der Waals surface area contributed by atoms with Gasteiger partial charge in [0.2, 0.25) is 0 Å². The zero-order chi connectivity index (χ0) is 12.7. The first-order chi connectivity index (χ1) is 8.72. The van der Waals surface area contributed by atoms with E-state index < -0.39 is 5.97 Å². The van der Waals surface area contributed by atoms with Crippen molar-refractivity contribution in [3.63, 3.8) is 0 Å². The predicted molar refractivity (Wildman–Crippen MR) is 66.8 cm³/mol. The molecule has 2 aliphatic rings. The molecule has 2 heterocycles. The number of carboxylic acids is 1. The molecule has 4 nitrogen and oxygen atoms in total. The average molecular weight is 247 g/mol. The molecule has 0 saturated carbocycles. The maximum atomic E-state index is 11.5. The van der Waals surface area contributed by atoms with Crippen LogP contribution in [0.1, 0.15) is 24.3 Å². The highest BCUT2D eigenvalue weighted by atomic mass is 16.5. The smallest absolute Gasteiger partial charge is 0.308 e. The van der Waals surface area contributed by atoms with E-state index in [0.29, 0.717) is 0 Å². The fraction of sp³-hybridized carbons (Fsp3) is 0.500. The van der Waals surface area contributed by atoms with Crippen molar-refractivity contribution in [2.24, 2.45) is 5.92 Å². The number of para-hydroxylation sites is 1. The first-order valence-electron chi connectivity index (χ1n) is 6.34. The molecule has 18 heavy (non-hydrogen) atoms. The van der Waals surface area contributed by atoms with Gasteiger partial charge in [0.15, 0.2) is 0 Å². The lowest BCUT2D eigenvalue weighted by Gasteiger charge is -2.27. The molecule has 1 aromatic rings. The Kier molecular flexibility index (Phi) is 2.74. The maximum Gasteiger partial charge on any atom is 0.308 e. The summed E-state index contributed by atoms with van der Waals surface area (Å²) in [5.41, 5.74) is 1.02. The molecule has 2 N–H and O–H groups in total. The van der Waals surface area contributed by atoms with E-state index in [-0.39, 0.29) is 23.9 Å². The molecule has 4 unspecified atom stereocenters. The van der Waals surface area contributed by atoms with Gasteiger partial charge < -0.3 is 15.2 Å². The van der Waals surface area contributed by atoms with E-state index in [9.17, 15) is 9.90 Å². The molecule has 0 radical (unpaired) electrons. The monoisotopic (exact) mass is 247 g/mol. The lowest BCUT2D eigenvalue weighted by Crippen LogP contribution is -2.32. The van der Waals surface area contributed by atoms with Gasteiger partial charge in [0, 0.05) is 18.0 Å². The highest BCUT2D eigenvalue weighted by Crippen LogP contribution is 2.47. The number of rotatable bonds is 3. The zero-order valence-corrected chi connectivity index (χ0v) is 10.3. The molecule has 96 valence electrons. The number of ether oxygens (including phenoxy) is 1. The molecular formula is C14H17NO3. The molecule has 0 aliphatic carbocycles. The SMILES string of the molecule is COc1ccccc1C1C2CCC(N2)C1C(=O)O. The van der Waals surface area contributed by atoms with Crippen molar-refractivity contribution < 1.29 is 14.6 Å². The van der Waals surface area contributed by atoms with E-state index in [4.69, 9.17) is 4.74 Å². The summed E-state index contributed by atoms with van der Waals surface area (Å²) in [5, 5.41) is 12.9. The molecular weight excluding hydrogens is 230 g/mol. The van der Waals surface area contributed by atoms with Crippen LogP contribution in [0, 0.1) is 5.92 Å². The summed E-state index contributed by atoms with van der Waals surface area (Å²) in [5.74, 6) is -0.217. The quantitative estimate of drug-likeness (QED) is 0.852. The molecule has 2 saturated heterocycles. The van der Waals surface area contributed by atoms with Crippen molar-refractivity contribution in [1.29, 1.82) is 0 Å². The van der Waals surface area contributed by atoms with E-state index in [2.05, 4.69) is 5.32 Å². The third kappa shape index (κ3) is 1.60. The number of hydrogen-bond acceptors (Lipinski definition) is 3. The number of methoxy groups -OCH3 is 1. The van der Waals surface area contributed by atoms with Gasteiger partial charge in [0.1, 0.15) is 5.75 Å². The van der Waals surface area contributed by atoms with Crippen LogP contribution in [-0.4, -0.2) is 30.3 Å². The van der Waals surface area contributed by atoms with Crippen LogP contribution >= 0.6 is 0 Å². The van der Waals surface area contributed by atoms with Crippen LogP contribution in [0.5, 0.6) is 5.75 Å². The van der Waals surface area contributed by atoms with Gasteiger partial charge >= 0.3 is 5.97 Å². The van der Waals surface area contributed by atoms with Crippen LogP contribution in [0.15, 0.2) is 24.3 Å². The van der Waals surface area contributed by atoms with Crippen molar-refractivity contribution in [1.82, 2.24) is 5.32 Å². The van der Waals surface area contributed by atoms with Gasteiger partial charge in [-0.2, -0.15) is 0 Å². The van der Waals surface area contributed by atoms with Crippen LogP contribution < -0.4 is 10.1 Å². The molecule has 2 bridgehead atoms. The highest BCUT2D eigenvalue weighted by molar-refractivity contribution is 5.74. The van der Waals surface area contributed by atoms with Crippen molar-refractivity contribution in [3.05, 3.63) is 29.8 Å². The lowest BCUT2D eigenvalue weighted by atomic mass is 9.75. The van der Waals surface area contributed by atoms with Gasteiger partial charge in [-0.25, -0.2) is 0 Å². The largest absolute Gasteiger partial charge is 0.496 e. The van der Waals surface area contributed by atoms with Crippen molar-refractivity contribution in [3.8, 4) is 5.75 Å². The van der Waals surface area contributed by atoms with E-state index in [1.165, 1.54) is 0 Å². The standard InChI is InChI=1S/C14H17NO3/c1-18-11-5-3-2-4-8(11)12-9-6-7-10(15-9)13(12)14(16)17/h2-5,9-10,12-13,15H,6-7H2,1H3,(H,16,17). The van der Waals surface area contributed by atoms with Gasteiger partial charge in [-0.3, -0.25) is 4.79 Å². The number of benzene rings is 1. The molecule has 0 spiro atoms. The fourth-order valence-corrected chi connectivity index (χ4v) is 3.55. The molecule has 4 heteroatoms. The molecule has 4 atom stereocenters. The predicted octanol–water partition coefficient (Wildman–Crippen LogP) is 1.61. The minimum absolute atomic E-state index is 0.0254. The van der Waals surface area contributed by atoms with Gasteiger partial charge in [-0.15, -0.1) is 0 Å². The van der Waals surface area contributed by atoms with Crippen LogP contribution in [0.4, 0.5) is 0 Å². The number of hydrogen-bond donors (Lipinski definition) is 2. The fourth-order valence-electron chi connectivity index (χ4n) is 3.55. The Hall–Kier alpha value is -1.55. The van der Waals surface area contributed by atoms with Crippen molar-refractivity contribution in [2.45, 2.75) is 30.8 Å². The number of aliphatic carboxylic acids is 1. The van der Waals surface area contributed by atoms with Crippen LogP contribution in [0.2, 0.25) is 0 Å². The van der Waals surface area contributed by atoms with E-state index in [1.54, 1.807) is 7.11 Å². The molecule has 0 amide bonds. The summed E-state index contributed by atoms with van der Waals surface area (Å²) in [7, 11) is 1.63. The van der Waals surface area contributed by atoms with E-state index in [0.717, 1.165) is 24.2 Å². The molecule has 3 rings (SSSR count). The highest BCUT2D eigenvalue weighted by Gasteiger charge is 2.52. The first kappa shape index (κ1) is 11.5. The van der Waals surface area contributed by atoms with E-state index >= 15 is 0 Å². The van der Waals surface area contributed by atoms with Gasteiger partial charge in [0.05, 0.1) is 13.0 Å². The Bertz CT molecular complexity index is 474. The molecule has 2 aliphatic heterocycles. The van der Waals surface area contributed by atoms with Gasteiger partial charge in [-0.05, 0) is 24.5 Å². The Morgan fingerprint density at radius 1 is 1.33 bits per heavy atom. The number of nitrogens with one attached hydrogen (secondary N) is 1. The average Bonchev–Trinajstić information content (AvgIpc) is 2.98. The van der Waals surface area contributed by atoms with Gasteiger partial charge in [-0.1, -0.05) is 18.2 Å². The second-order valence-electron chi connectivity index (χ2n) is 5.09. The minimum Gasteiger partial charge on any atom is -0.496 e. The van der Waals surface area contributed by atoms with Crippen molar-refractivity contribution >= 4 is 5.97 Å².